The lowest BCUT2D eigenvalue weighted by Gasteiger charge is -2.09. The monoisotopic (exact) mass is 230 g/mol. The molecule has 1 N–H and O–H groups in total. The van der Waals surface area contributed by atoms with Gasteiger partial charge in [0.25, 0.3) is 0 Å². The molecule has 0 bridgehead atoms. The largest absolute Gasteiger partial charge is 0.375 e. The third-order valence-electron chi connectivity index (χ3n) is 2.52. The minimum Gasteiger partial charge on any atom is -0.375 e. The number of rotatable bonds is 3. The summed E-state index contributed by atoms with van der Waals surface area (Å²) in [5.41, 5.74) is 2.76. The summed E-state index contributed by atoms with van der Waals surface area (Å²) >= 11 is 0. The van der Waals surface area contributed by atoms with Gasteiger partial charge in [0, 0.05) is 18.7 Å². The van der Waals surface area contributed by atoms with Crippen LogP contribution in [0.2, 0.25) is 0 Å². The number of nitrogens with zero attached hydrogens (tertiary/aromatic N) is 1. The van der Waals surface area contributed by atoms with Gasteiger partial charge in [-0.3, -0.25) is 9.78 Å². The van der Waals surface area contributed by atoms with Crippen LogP contribution >= 0.6 is 0 Å². The molecule has 1 amide bonds. The van der Waals surface area contributed by atoms with Crippen LogP contribution in [0.5, 0.6) is 0 Å². The predicted octanol–water partition coefficient (Wildman–Crippen LogP) is 2.13. The first-order chi connectivity index (χ1) is 8.22. The molecule has 1 aromatic heterocycles. The van der Waals surface area contributed by atoms with Crippen LogP contribution < -0.4 is 5.32 Å². The van der Waals surface area contributed by atoms with Crippen molar-refractivity contribution in [3.8, 4) is 0 Å². The van der Waals surface area contributed by atoms with Crippen LogP contribution in [0, 0.1) is 6.92 Å². The van der Waals surface area contributed by atoms with Gasteiger partial charge in [0.05, 0.1) is 11.2 Å². The van der Waals surface area contributed by atoms with Gasteiger partial charge in [0.2, 0.25) is 5.91 Å². The van der Waals surface area contributed by atoms with E-state index in [0.29, 0.717) is 0 Å². The maximum absolute atomic E-state index is 11.5. The van der Waals surface area contributed by atoms with E-state index < -0.39 is 0 Å². The maximum atomic E-state index is 11.5. The second kappa shape index (κ2) is 4.93. The van der Waals surface area contributed by atoms with E-state index in [4.69, 9.17) is 4.74 Å². The summed E-state index contributed by atoms with van der Waals surface area (Å²) in [6, 6.07) is 7.62. The molecule has 0 fully saturated rings. The van der Waals surface area contributed by atoms with Gasteiger partial charge in [0.1, 0.15) is 6.61 Å². The third kappa shape index (κ3) is 2.42. The Morgan fingerprint density at radius 3 is 3.00 bits per heavy atom. The second-order valence-corrected chi connectivity index (χ2v) is 3.81. The Morgan fingerprint density at radius 2 is 2.24 bits per heavy atom. The summed E-state index contributed by atoms with van der Waals surface area (Å²) in [4.78, 5) is 15.8. The summed E-state index contributed by atoms with van der Waals surface area (Å²) < 4.78 is 4.78. The summed E-state index contributed by atoms with van der Waals surface area (Å²) in [6.07, 6.45) is 1.75. The molecule has 0 unspecified atom stereocenters. The van der Waals surface area contributed by atoms with Gasteiger partial charge in [-0.1, -0.05) is 6.07 Å². The van der Waals surface area contributed by atoms with E-state index >= 15 is 0 Å². The molecule has 2 rings (SSSR count). The van der Waals surface area contributed by atoms with Gasteiger partial charge in [-0.25, -0.2) is 0 Å². The lowest BCUT2D eigenvalue weighted by molar-refractivity contribution is -0.119. The lowest BCUT2D eigenvalue weighted by atomic mass is 10.1. The van der Waals surface area contributed by atoms with E-state index in [1.165, 1.54) is 7.11 Å². The van der Waals surface area contributed by atoms with E-state index in [9.17, 15) is 4.79 Å². The summed E-state index contributed by atoms with van der Waals surface area (Å²) in [7, 11) is 1.49. The summed E-state index contributed by atoms with van der Waals surface area (Å²) in [5, 5.41) is 3.75. The number of pyridine rings is 1. The zero-order valence-electron chi connectivity index (χ0n) is 9.86. The molecule has 88 valence electrons. The lowest BCUT2D eigenvalue weighted by Crippen LogP contribution is -2.17. The average Bonchev–Trinajstić information content (AvgIpc) is 2.34. The van der Waals surface area contributed by atoms with Crippen LogP contribution in [0.4, 0.5) is 5.69 Å². The number of aryl methyl sites for hydroxylation is 1. The molecular formula is C13H14N2O2. The van der Waals surface area contributed by atoms with Crippen molar-refractivity contribution in [3.05, 3.63) is 36.0 Å². The second-order valence-electron chi connectivity index (χ2n) is 3.81. The fraction of sp³-hybridized carbons (Fsp3) is 0.231. The molecule has 0 aliphatic carbocycles. The highest BCUT2D eigenvalue weighted by atomic mass is 16.5. The highest BCUT2D eigenvalue weighted by molar-refractivity contribution is 6.02. The van der Waals surface area contributed by atoms with E-state index in [1.54, 1.807) is 6.20 Å². The van der Waals surface area contributed by atoms with E-state index in [2.05, 4.69) is 10.3 Å². The minimum atomic E-state index is -0.165. The standard InChI is InChI=1S/C13H14N2O2/c1-9-5-6-11(15-12(16)8-17-2)10-4-3-7-14-13(9)10/h3-7H,8H2,1-2H3,(H,15,16). The van der Waals surface area contributed by atoms with Crippen LogP contribution in [0.25, 0.3) is 10.9 Å². The van der Waals surface area contributed by atoms with Crippen LogP contribution in [0.3, 0.4) is 0 Å². The van der Waals surface area contributed by atoms with Crippen molar-refractivity contribution in [3.63, 3.8) is 0 Å². The topological polar surface area (TPSA) is 51.2 Å². The molecule has 0 aliphatic heterocycles. The number of nitrogens with one attached hydrogen (secondary N) is 1. The van der Waals surface area contributed by atoms with Crippen molar-refractivity contribution in [2.45, 2.75) is 6.92 Å². The van der Waals surface area contributed by atoms with Gasteiger partial charge < -0.3 is 10.1 Å². The zero-order valence-corrected chi connectivity index (χ0v) is 9.86. The first-order valence-corrected chi connectivity index (χ1v) is 5.35. The minimum absolute atomic E-state index is 0.0512. The first-order valence-electron chi connectivity index (χ1n) is 5.35. The molecule has 0 radical (unpaired) electrons. The smallest absolute Gasteiger partial charge is 0.250 e. The van der Waals surface area contributed by atoms with Crippen LogP contribution in [0.15, 0.2) is 30.5 Å². The number of aromatic nitrogens is 1. The number of benzene rings is 1. The number of anilines is 1. The number of carbonyl (C=O) groups excluding carboxylic acids is 1. The molecular weight excluding hydrogens is 216 g/mol. The number of carbonyl (C=O) groups is 1. The van der Waals surface area contributed by atoms with E-state index in [-0.39, 0.29) is 12.5 Å². The fourth-order valence-electron chi connectivity index (χ4n) is 1.74. The van der Waals surface area contributed by atoms with Crippen molar-refractivity contribution in [1.29, 1.82) is 0 Å². The van der Waals surface area contributed by atoms with Crippen molar-refractivity contribution in [2.24, 2.45) is 0 Å². The Morgan fingerprint density at radius 1 is 1.41 bits per heavy atom. The molecule has 0 spiro atoms. The van der Waals surface area contributed by atoms with Crippen molar-refractivity contribution < 1.29 is 9.53 Å². The fourth-order valence-corrected chi connectivity index (χ4v) is 1.74. The Labute approximate surface area is 99.6 Å². The zero-order chi connectivity index (χ0) is 12.3. The molecule has 0 atom stereocenters. The van der Waals surface area contributed by atoms with Crippen molar-refractivity contribution in [2.75, 3.05) is 19.0 Å². The summed E-state index contributed by atoms with van der Waals surface area (Å²) in [6.45, 7) is 2.05. The number of amides is 1. The highest BCUT2D eigenvalue weighted by Crippen LogP contribution is 2.24. The molecule has 17 heavy (non-hydrogen) atoms. The molecule has 4 nitrogen and oxygen atoms in total. The quantitative estimate of drug-likeness (QED) is 0.878. The normalized spacial score (nSPS) is 10.5. The Bertz CT molecular complexity index is 552. The maximum Gasteiger partial charge on any atom is 0.250 e. The highest BCUT2D eigenvalue weighted by Gasteiger charge is 2.07. The number of hydrogen-bond donors (Lipinski definition) is 1. The first kappa shape index (κ1) is 11.5. The Hall–Kier alpha value is -1.94. The average molecular weight is 230 g/mol. The molecule has 1 aromatic carbocycles. The van der Waals surface area contributed by atoms with Gasteiger partial charge in [0.15, 0.2) is 0 Å². The molecule has 0 aliphatic rings. The van der Waals surface area contributed by atoms with Crippen molar-refractivity contribution >= 4 is 22.5 Å². The summed E-state index contributed by atoms with van der Waals surface area (Å²) in [5.74, 6) is -0.165. The molecule has 0 saturated carbocycles. The van der Waals surface area contributed by atoms with Crippen LogP contribution in [0.1, 0.15) is 5.56 Å². The van der Waals surface area contributed by atoms with Gasteiger partial charge >= 0.3 is 0 Å². The van der Waals surface area contributed by atoms with E-state index in [0.717, 1.165) is 22.2 Å². The Kier molecular flexibility index (Phi) is 3.35. The SMILES string of the molecule is COCC(=O)Nc1ccc(C)c2ncccc12. The van der Waals surface area contributed by atoms with Crippen LogP contribution in [-0.4, -0.2) is 24.6 Å². The molecule has 1 heterocycles. The molecule has 4 heteroatoms. The van der Waals surface area contributed by atoms with Crippen molar-refractivity contribution in [1.82, 2.24) is 4.98 Å². The number of methoxy groups -OCH3 is 1. The van der Waals surface area contributed by atoms with Gasteiger partial charge in [-0.05, 0) is 30.7 Å². The van der Waals surface area contributed by atoms with Gasteiger partial charge in [-0.15, -0.1) is 0 Å². The van der Waals surface area contributed by atoms with Crippen LogP contribution in [-0.2, 0) is 9.53 Å². The molecule has 0 saturated heterocycles. The Balaban J connectivity index is 2.41. The van der Waals surface area contributed by atoms with Gasteiger partial charge in [-0.2, -0.15) is 0 Å². The van der Waals surface area contributed by atoms with E-state index in [1.807, 2.05) is 31.2 Å². The number of ether oxygens (including phenoxy) is 1. The predicted molar refractivity (Wildman–Crippen MR) is 67.0 cm³/mol. The number of fused-ring (bicyclic) bond motifs is 1. The third-order valence-corrected chi connectivity index (χ3v) is 2.52. The molecule has 2 aromatic rings. The number of hydrogen-bond acceptors (Lipinski definition) is 3.